The maximum Gasteiger partial charge on any atom is 0.257 e. The quantitative estimate of drug-likeness (QED) is 0.738. The van der Waals surface area contributed by atoms with Gasteiger partial charge in [0.05, 0.1) is 16.3 Å². The Morgan fingerprint density at radius 1 is 1.26 bits per heavy atom. The maximum absolute atomic E-state index is 12.4. The fourth-order valence-electron chi connectivity index (χ4n) is 2.13. The summed E-state index contributed by atoms with van der Waals surface area (Å²) in [6, 6.07) is 10.6. The van der Waals surface area contributed by atoms with Gasteiger partial charge in [-0.1, -0.05) is 27.5 Å². The molecule has 0 bridgehead atoms. The summed E-state index contributed by atoms with van der Waals surface area (Å²) in [5.41, 5.74) is 2.84. The van der Waals surface area contributed by atoms with Crippen LogP contribution < -0.4 is 5.32 Å². The highest BCUT2D eigenvalue weighted by atomic mass is 79.9. The number of carbonyl (C=O) groups excluding carboxylic acids is 1. The molecule has 0 fully saturated rings. The van der Waals surface area contributed by atoms with Crippen molar-refractivity contribution in [1.29, 1.82) is 0 Å². The van der Waals surface area contributed by atoms with E-state index in [1.807, 2.05) is 19.1 Å². The number of halogens is 2. The van der Waals surface area contributed by atoms with E-state index >= 15 is 0 Å². The lowest BCUT2D eigenvalue weighted by Crippen LogP contribution is -2.13. The first kappa shape index (κ1) is 15.6. The van der Waals surface area contributed by atoms with Crippen LogP contribution in [0.1, 0.15) is 15.9 Å². The van der Waals surface area contributed by atoms with E-state index in [0.29, 0.717) is 16.3 Å². The van der Waals surface area contributed by atoms with Crippen LogP contribution in [0.15, 0.2) is 47.2 Å². The van der Waals surface area contributed by atoms with Crippen LogP contribution in [0.4, 0.5) is 5.69 Å². The Balaban J connectivity index is 1.84. The van der Waals surface area contributed by atoms with Crippen LogP contribution in [-0.2, 0) is 0 Å². The highest BCUT2D eigenvalue weighted by molar-refractivity contribution is 9.10. The lowest BCUT2D eigenvalue weighted by Gasteiger charge is -2.10. The summed E-state index contributed by atoms with van der Waals surface area (Å²) >= 11 is 9.41. The van der Waals surface area contributed by atoms with Crippen LogP contribution in [0.3, 0.4) is 0 Å². The van der Waals surface area contributed by atoms with Crippen LogP contribution in [0.25, 0.3) is 5.69 Å². The van der Waals surface area contributed by atoms with Crippen molar-refractivity contribution in [2.45, 2.75) is 6.92 Å². The molecule has 1 N–H and O–H groups in total. The molecule has 8 heteroatoms. The number of tetrazole rings is 1. The van der Waals surface area contributed by atoms with Crippen molar-refractivity contribution in [3.63, 3.8) is 0 Å². The third-order valence-electron chi connectivity index (χ3n) is 3.22. The molecule has 0 spiro atoms. The minimum atomic E-state index is -0.272. The number of anilines is 1. The molecule has 0 aliphatic heterocycles. The van der Waals surface area contributed by atoms with Gasteiger partial charge in [-0.05, 0) is 59.3 Å². The number of nitrogens with zero attached hydrogens (tertiary/aromatic N) is 4. The smallest absolute Gasteiger partial charge is 0.257 e. The molecular formula is C15H11BrClN5O. The molecule has 0 atom stereocenters. The Bertz CT molecular complexity index is 866. The summed E-state index contributed by atoms with van der Waals surface area (Å²) in [6.07, 6.45) is 1.52. The molecular weight excluding hydrogens is 382 g/mol. The van der Waals surface area contributed by atoms with Crippen LogP contribution in [-0.4, -0.2) is 26.1 Å². The van der Waals surface area contributed by atoms with Crippen LogP contribution in [0.5, 0.6) is 0 Å². The zero-order valence-corrected chi connectivity index (χ0v) is 14.3. The molecule has 0 radical (unpaired) electrons. The summed E-state index contributed by atoms with van der Waals surface area (Å²) in [4.78, 5) is 12.4. The molecule has 3 rings (SSSR count). The predicted molar refractivity (Wildman–Crippen MR) is 91.0 cm³/mol. The Labute approximate surface area is 145 Å². The number of hydrogen-bond donors (Lipinski definition) is 1. The van der Waals surface area contributed by atoms with Gasteiger partial charge in [-0.3, -0.25) is 4.79 Å². The second-order valence-corrected chi connectivity index (χ2v) is 6.16. The number of benzene rings is 2. The monoisotopic (exact) mass is 391 g/mol. The van der Waals surface area contributed by atoms with Crippen molar-refractivity contribution >= 4 is 39.1 Å². The standard InChI is InChI=1S/C15H11BrClN5O/c1-9-6-11(3-5-14(9)22-8-18-20-21-22)19-15(23)12-7-10(16)2-4-13(12)17/h2-8H,1H3,(H,19,23). The number of rotatable bonds is 3. The van der Waals surface area contributed by atoms with E-state index in [2.05, 4.69) is 36.8 Å². The first-order valence-electron chi connectivity index (χ1n) is 6.65. The third kappa shape index (κ3) is 3.40. The van der Waals surface area contributed by atoms with Crippen molar-refractivity contribution in [2.75, 3.05) is 5.32 Å². The summed E-state index contributed by atoms with van der Waals surface area (Å²) in [7, 11) is 0. The van der Waals surface area contributed by atoms with Gasteiger partial charge in [-0.2, -0.15) is 0 Å². The SMILES string of the molecule is Cc1cc(NC(=O)c2cc(Br)ccc2Cl)ccc1-n1cnnn1. The molecule has 0 saturated heterocycles. The van der Waals surface area contributed by atoms with E-state index in [-0.39, 0.29) is 5.91 Å². The van der Waals surface area contributed by atoms with Gasteiger partial charge in [0.15, 0.2) is 0 Å². The van der Waals surface area contributed by atoms with Crippen molar-refractivity contribution in [3.05, 3.63) is 63.3 Å². The molecule has 0 aliphatic carbocycles. The summed E-state index contributed by atoms with van der Waals surface area (Å²) in [5.74, 6) is -0.272. The Kier molecular flexibility index (Phi) is 4.40. The van der Waals surface area contributed by atoms with Crippen molar-refractivity contribution in [1.82, 2.24) is 20.2 Å². The van der Waals surface area contributed by atoms with Gasteiger partial charge < -0.3 is 5.32 Å². The topological polar surface area (TPSA) is 72.7 Å². The van der Waals surface area contributed by atoms with Gasteiger partial charge in [0.1, 0.15) is 6.33 Å². The summed E-state index contributed by atoms with van der Waals surface area (Å²) in [5, 5.41) is 14.3. The lowest BCUT2D eigenvalue weighted by atomic mass is 10.1. The van der Waals surface area contributed by atoms with Crippen LogP contribution in [0.2, 0.25) is 5.02 Å². The number of aromatic nitrogens is 4. The molecule has 23 heavy (non-hydrogen) atoms. The van der Waals surface area contributed by atoms with Crippen LogP contribution in [0, 0.1) is 6.92 Å². The zero-order chi connectivity index (χ0) is 16.4. The molecule has 0 saturated carbocycles. The number of hydrogen-bond acceptors (Lipinski definition) is 4. The molecule has 0 unspecified atom stereocenters. The molecule has 1 heterocycles. The average Bonchev–Trinajstić information content (AvgIpc) is 3.04. The molecule has 0 aliphatic rings. The molecule has 2 aromatic carbocycles. The minimum Gasteiger partial charge on any atom is -0.322 e. The second-order valence-electron chi connectivity index (χ2n) is 4.83. The van der Waals surface area contributed by atoms with Crippen LogP contribution >= 0.6 is 27.5 Å². The fraction of sp³-hybridized carbons (Fsp3) is 0.0667. The van der Waals surface area contributed by atoms with E-state index in [0.717, 1.165) is 15.7 Å². The Morgan fingerprint density at radius 2 is 2.09 bits per heavy atom. The number of aryl methyl sites for hydroxylation is 1. The Hall–Kier alpha value is -2.25. The normalized spacial score (nSPS) is 10.6. The number of nitrogens with one attached hydrogen (secondary N) is 1. The number of amides is 1. The first-order valence-corrected chi connectivity index (χ1v) is 7.82. The molecule has 6 nitrogen and oxygen atoms in total. The van der Waals surface area contributed by atoms with Crippen molar-refractivity contribution < 1.29 is 4.79 Å². The zero-order valence-electron chi connectivity index (χ0n) is 12.0. The van der Waals surface area contributed by atoms with Gasteiger partial charge in [0, 0.05) is 10.2 Å². The molecule has 1 amide bonds. The Morgan fingerprint density at radius 3 is 2.78 bits per heavy atom. The molecule has 1 aromatic heterocycles. The van der Waals surface area contributed by atoms with Gasteiger partial charge >= 0.3 is 0 Å². The van der Waals surface area contributed by atoms with E-state index < -0.39 is 0 Å². The highest BCUT2D eigenvalue weighted by Gasteiger charge is 2.12. The van der Waals surface area contributed by atoms with E-state index in [1.165, 1.54) is 6.33 Å². The van der Waals surface area contributed by atoms with E-state index in [1.54, 1.807) is 28.9 Å². The average molecular weight is 393 g/mol. The summed E-state index contributed by atoms with van der Waals surface area (Å²) < 4.78 is 2.35. The fourth-order valence-corrected chi connectivity index (χ4v) is 2.70. The maximum atomic E-state index is 12.4. The molecule has 3 aromatic rings. The van der Waals surface area contributed by atoms with E-state index in [9.17, 15) is 4.79 Å². The van der Waals surface area contributed by atoms with Crippen molar-refractivity contribution in [2.24, 2.45) is 0 Å². The second kappa shape index (κ2) is 6.47. The lowest BCUT2D eigenvalue weighted by molar-refractivity contribution is 0.102. The predicted octanol–water partition coefficient (Wildman–Crippen LogP) is 3.64. The first-order chi connectivity index (χ1) is 11.0. The van der Waals surface area contributed by atoms with Gasteiger partial charge in [0.25, 0.3) is 5.91 Å². The van der Waals surface area contributed by atoms with E-state index in [4.69, 9.17) is 11.6 Å². The minimum absolute atomic E-state index is 0.272. The van der Waals surface area contributed by atoms with Gasteiger partial charge in [0.2, 0.25) is 0 Å². The number of carbonyl (C=O) groups is 1. The third-order valence-corrected chi connectivity index (χ3v) is 4.05. The largest absolute Gasteiger partial charge is 0.322 e. The van der Waals surface area contributed by atoms with Crippen molar-refractivity contribution in [3.8, 4) is 5.69 Å². The summed E-state index contributed by atoms with van der Waals surface area (Å²) in [6.45, 7) is 1.92. The van der Waals surface area contributed by atoms with Gasteiger partial charge in [-0.15, -0.1) is 5.10 Å². The highest BCUT2D eigenvalue weighted by Crippen LogP contribution is 2.23. The van der Waals surface area contributed by atoms with Gasteiger partial charge in [-0.25, -0.2) is 4.68 Å². The molecule has 116 valence electrons.